The summed E-state index contributed by atoms with van der Waals surface area (Å²) in [4.78, 5) is 4.54. The Labute approximate surface area is 111 Å². The van der Waals surface area contributed by atoms with Crippen molar-refractivity contribution in [2.24, 2.45) is 5.92 Å². The van der Waals surface area contributed by atoms with E-state index in [-0.39, 0.29) is 0 Å². The molecule has 1 aromatic heterocycles. The summed E-state index contributed by atoms with van der Waals surface area (Å²) in [6.45, 7) is 0.980. The lowest BCUT2D eigenvalue weighted by Gasteiger charge is -2.26. The molecule has 0 aliphatic heterocycles. The van der Waals surface area contributed by atoms with Gasteiger partial charge >= 0.3 is 0 Å². The molecule has 3 nitrogen and oxygen atoms in total. The molecule has 0 N–H and O–H groups in total. The minimum atomic E-state index is 0.420. The van der Waals surface area contributed by atoms with Crippen LogP contribution in [0.3, 0.4) is 0 Å². The number of alkyl halides is 1. The number of halogens is 1. The molecule has 0 atom stereocenters. The molecule has 1 fully saturated rings. The van der Waals surface area contributed by atoms with Crippen LogP contribution in [0.1, 0.15) is 30.7 Å². The first-order chi connectivity index (χ1) is 8.81. The van der Waals surface area contributed by atoms with E-state index in [0.29, 0.717) is 11.4 Å². The first-order valence-electron chi connectivity index (χ1n) is 6.27. The zero-order valence-corrected chi connectivity index (χ0v) is 10.8. The van der Waals surface area contributed by atoms with Crippen LogP contribution in [0, 0.1) is 17.2 Å². The standard InChI is InChI=1S/C14H14ClN3/c15-7-14-17-12-5-4-11(8-16)6-13(12)18(14)9-10-2-1-3-10/h4-6,10H,1-3,7,9H2. The third-order valence-corrected chi connectivity index (χ3v) is 3.98. The number of rotatable bonds is 3. The van der Waals surface area contributed by atoms with Gasteiger partial charge in [0, 0.05) is 6.54 Å². The van der Waals surface area contributed by atoms with Crippen LogP contribution in [-0.4, -0.2) is 9.55 Å². The monoisotopic (exact) mass is 259 g/mol. The molecule has 0 unspecified atom stereocenters. The normalized spacial score (nSPS) is 15.6. The van der Waals surface area contributed by atoms with E-state index in [1.807, 2.05) is 12.1 Å². The Kier molecular flexibility index (Phi) is 2.97. The fourth-order valence-electron chi connectivity index (χ4n) is 2.48. The summed E-state index contributed by atoms with van der Waals surface area (Å²) in [5, 5.41) is 8.99. The fourth-order valence-corrected chi connectivity index (χ4v) is 2.69. The molecular formula is C14H14ClN3. The zero-order chi connectivity index (χ0) is 12.5. The predicted octanol–water partition coefficient (Wildman–Crippen LogP) is 3.45. The van der Waals surface area contributed by atoms with Crippen LogP contribution in [0.15, 0.2) is 18.2 Å². The van der Waals surface area contributed by atoms with Crippen molar-refractivity contribution in [3.63, 3.8) is 0 Å². The van der Waals surface area contributed by atoms with Crippen LogP contribution in [0.25, 0.3) is 11.0 Å². The minimum absolute atomic E-state index is 0.420. The van der Waals surface area contributed by atoms with Crippen molar-refractivity contribution in [3.05, 3.63) is 29.6 Å². The largest absolute Gasteiger partial charge is 0.327 e. The van der Waals surface area contributed by atoms with Crippen LogP contribution in [0.2, 0.25) is 0 Å². The van der Waals surface area contributed by atoms with Gasteiger partial charge in [-0.15, -0.1) is 11.6 Å². The molecule has 2 aromatic rings. The van der Waals surface area contributed by atoms with Gasteiger partial charge in [-0.25, -0.2) is 4.98 Å². The third-order valence-electron chi connectivity index (χ3n) is 3.74. The summed E-state index contributed by atoms with van der Waals surface area (Å²) >= 11 is 5.97. The maximum Gasteiger partial charge on any atom is 0.124 e. The molecule has 1 aromatic carbocycles. The summed E-state index contributed by atoms with van der Waals surface area (Å²) in [6, 6.07) is 7.81. The smallest absolute Gasteiger partial charge is 0.124 e. The van der Waals surface area contributed by atoms with E-state index < -0.39 is 0 Å². The van der Waals surface area contributed by atoms with Crippen LogP contribution in [-0.2, 0) is 12.4 Å². The Morgan fingerprint density at radius 3 is 2.89 bits per heavy atom. The molecule has 0 saturated heterocycles. The average molecular weight is 260 g/mol. The Bertz CT molecular complexity index is 620. The highest BCUT2D eigenvalue weighted by molar-refractivity contribution is 6.16. The Hall–Kier alpha value is -1.53. The van der Waals surface area contributed by atoms with Gasteiger partial charge in [-0.05, 0) is 37.0 Å². The van der Waals surface area contributed by atoms with Crippen LogP contribution >= 0.6 is 11.6 Å². The van der Waals surface area contributed by atoms with Crippen molar-refractivity contribution in [3.8, 4) is 6.07 Å². The van der Waals surface area contributed by atoms with Crippen LogP contribution in [0.4, 0.5) is 0 Å². The van der Waals surface area contributed by atoms with Gasteiger partial charge in [0.05, 0.1) is 28.5 Å². The average Bonchev–Trinajstić information content (AvgIpc) is 2.70. The number of nitrogens with zero attached hydrogens (tertiary/aromatic N) is 3. The molecule has 18 heavy (non-hydrogen) atoms. The van der Waals surface area contributed by atoms with Crippen molar-refractivity contribution in [2.45, 2.75) is 31.7 Å². The number of hydrogen-bond acceptors (Lipinski definition) is 2. The van der Waals surface area contributed by atoms with Gasteiger partial charge in [-0.1, -0.05) is 6.42 Å². The number of aromatic nitrogens is 2. The van der Waals surface area contributed by atoms with E-state index in [9.17, 15) is 0 Å². The molecule has 0 amide bonds. The van der Waals surface area contributed by atoms with E-state index in [2.05, 4.69) is 15.6 Å². The number of fused-ring (bicyclic) bond motifs is 1. The first kappa shape index (κ1) is 11.6. The predicted molar refractivity (Wildman–Crippen MR) is 71.3 cm³/mol. The van der Waals surface area contributed by atoms with Gasteiger partial charge in [-0.3, -0.25) is 0 Å². The van der Waals surface area contributed by atoms with Crippen molar-refractivity contribution in [2.75, 3.05) is 0 Å². The van der Waals surface area contributed by atoms with Gasteiger partial charge in [-0.2, -0.15) is 5.26 Å². The molecule has 92 valence electrons. The van der Waals surface area contributed by atoms with E-state index in [1.165, 1.54) is 19.3 Å². The number of imidazole rings is 1. The SMILES string of the molecule is N#Cc1ccc2nc(CCl)n(CC3CCC3)c2c1. The summed E-state index contributed by atoms with van der Waals surface area (Å²) in [5.74, 6) is 2.08. The second-order valence-electron chi connectivity index (χ2n) is 4.88. The van der Waals surface area contributed by atoms with Crippen molar-refractivity contribution >= 4 is 22.6 Å². The number of benzene rings is 1. The Morgan fingerprint density at radius 2 is 2.28 bits per heavy atom. The Balaban J connectivity index is 2.09. The lowest BCUT2D eigenvalue weighted by Crippen LogP contribution is -2.19. The molecule has 3 rings (SSSR count). The quantitative estimate of drug-likeness (QED) is 0.793. The topological polar surface area (TPSA) is 41.6 Å². The molecule has 1 aliphatic rings. The van der Waals surface area contributed by atoms with Crippen molar-refractivity contribution < 1.29 is 0 Å². The molecule has 0 bridgehead atoms. The van der Waals surface area contributed by atoms with E-state index in [1.54, 1.807) is 6.07 Å². The van der Waals surface area contributed by atoms with E-state index in [4.69, 9.17) is 16.9 Å². The summed E-state index contributed by atoms with van der Waals surface area (Å²) < 4.78 is 2.19. The highest BCUT2D eigenvalue weighted by Crippen LogP contribution is 2.30. The third kappa shape index (κ3) is 1.87. The van der Waals surface area contributed by atoms with Gasteiger partial charge in [0.15, 0.2) is 0 Å². The second-order valence-corrected chi connectivity index (χ2v) is 5.15. The summed E-state index contributed by atoms with van der Waals surface area (Å²) in [6.07, 6.45) is 3.91. The maximum atomic E-state index is 8.99. The first-order valence-corrected chi connectivity index (χ1v) is 6.80. The van der Waals surface area contributed by atoms with E-state index in [0.717, 1.165) is 29.3 Å². The molecule has 1 heterocycles. The highest BCUT2D eigenvalue weighted by atomic mass is 35.5. The lowest BCUT2D eigenvalue weighted by atomic mass is 9.85. The van der Waals surface area contributed by atoms with Crippen molar-refractivity contribution in [1.29, 1.82) is 5.26 Å². The molecule has 0 spiro atoms. The number of nitriles is 1. The van der Waals surface area contributed by atoms with Gasteiger partial charge in [0.1, 0.15) is 5.82 Å². The zero-order valence-electron chi connectivity index (χ0n) is 10.1. The fraction of sp³-hybridized carbons (Fsp3) is 0.429. The highest BCUT2D eigenvalue weighted by Gasteiger charge is 2.20. The molecule has 1 saturated carbocycles. The molecular weight excluding hydrogens is 246 g/mol. The van der Waals surface area contributed by atoms with Gasteiger partial charge in [0.2, 0.25) is 0 Å². The summed E-state index contributed by atoms with van der Waals surface area (Å²) in [7, 11) is 0. The van der Waals surface area contributed by atoms with Crippen molar-refractivity contribution in [1.82, 2.24) is 9.55 Å². The minimum Gasteiger partial charge on any atom is -0.327 e. The van der Waals surface area contributed by atoms with Gasteiger partial charge < -0.3 is 4.57 Å². The Morgan fingerprint density at radius 1 is 1.44 bits per heavy atom. The van der Waals surface area contributed by atoms with Crippen LogP contribution < -0.4 is 0 Å². The number of hydrogen-bond donors (Lipinski definition) is 0. The summed E-state index contributed by atoms with van der Waals surface area (Å²) in [5.41, 5.74) is 2.65. The lowest BCUT2D eigenvalue weighted by molar-refractivity contribution is 0.277. The molecule has 4 heteroatoms. The van der Waals surface area contributed by atoms with Gasteiger partial charge in [0.25, 0.3) is 0 Å². The second kappa shape index (κ2) is 4.62. The maximum absolute atomic E-state index is 8.99. The van der Waals surface area contributed by atoms with Crippen LogP contribution in [0.5, 0.6) is 0 Å². The molecule has 0 radical (unpaired) electrons. The molecule has 1 aliphatic carbocycles. The van der Waals surface area contributed by atoms with E-state index >= 15 is 0 Å².